The maximum absolute atomic E-state index is 9.50. The highest BCUT2D eigenvalue weighted by molar-refractivity contribution is 4.88. The normalized spacial score (nSPS) is 6.00. The summed E-state index contributed by atoms with van der Waals surface area (Å²) in [7, 11) is 0.500. The minimum atomic E-state index is 0.500. The van der Waals surface area contributed by atoms with Crippen LogP contribution >= 0.6 is 0 Å². The average Bonchev–Trinajstić information content (AvgIpc) is 2.14. The number of rotatable bonds is 0. The highest BCUT2D eigenvalue weighted by Crippen LogP contribution is 1.73. The van der Waals surface area contributed by atoms with E-state index in [4.69, 9.17) is 0 Å². The van der Waals surface area contributed by atoms with Gasteiger partial charge in [0.1, 0.15) is 0 Å². The van der Waals surface area contributed by atoms with Gasteiger partial charge >= 0.3 is 0 Å². The Labute approximate surface area is 61.9 Å². The molecule has 1 aromatic rings. The predicted octanol–water partition coefficient (Wildman–Crippen LogP) is 2.69. The molecule has 1 aromatic heterocycles. The first-order chi connectivity index (χ1) is 5.00. The number of halogens is 1. The summed E-state index contributed by atoms with van der Waals surface area (Å²) in [5.41, 5.74) is 0. The number of aromatic nitrogens is 1. The fourth-order valence-electron chi connectivity index (χ4n) is 0.313. The van der Waals surface area contributed by atoms with E-state index in [1.54, 1.807) is 12.4 Å². The smallest absolute Gasteiger partial charge is 0.0785 e. The van der Waals surface area contributed by atoms with Crippen LogP contribution in [-0.2, 0) is 0 Å². The zero-order valence-corrected chi connectivity index (χ0v) is 6.71. The Bertz CT molecular complexity index is 81.2. The van der Waals surface area contributed by atoms with Crippen LogP contribution in [0.15, 0.2) is 30.6 Å². The van der Waals surface area contributed by atoms with Crippen LogP contribution in [0.25, 0.3) is 0 Å². The number of nitrogens with zero attached hydrogens (tertiary/aromatic N) is 1. The van der Waals surface area contributed by atoms with Gasteiger partial charge in [-0.1, -0.05) is 19.9 Å². The van der Waals surface area contributed by atoms with Crippen LogP contribution in [0.2, 0.25) is 0 Å². The highest BCUT2D eigenvalue weighted by Gasteiger charge is 1.58. The summed E-state index contributed by atoms with van der Waals surface area (Å²) >= 11 is 0. The lowest BCUT2D eigenvalue weighted by Crippen LogP contribution is -1.58. The molecular formula is C8H14FN. The first-order valence-corrected chi connectivity index (χ1v) is 3.23. The van der Waals surface area contributed by atoms with E-state index >= 15 is 0 Å². The van der Waals surface area contributed by atoms with E-state index in [1.165, 1.54) is 0 Å². The lowest BCUT2D eigenvalue weighted by molar-refractivity contribution is 0.636. The van der Waals surface area contributed by atoms with E-state index in [1.807, 2.05) is 32.0 Å². The second-order valence-corrected chi connectivity index (χ2v) is 1.02. The van der Waals surface area contributed by atoms with Gasteiger partial charge in [0.05, 0.1) is 7.18 Å². The molecule has 58 valence electrons. The van der Waals surface area contributed by atoms with Crippen molar-refractivity contribution in [3.63, 3.8) is 0 Å². The van der Waals surface area contributed by atoms with Gasteiger partial charge in [-0.2, -0.15) is 0 Å². The molecule has 0 aliphatic rings. The van der Waals surface area contributed by atoms with Gasteiger partial charge in [0, 0.05) is 12.4 Å². The zero-order valence-electron chi connectivity index (χ0n) is 6.71. The molecule has 0 N–H and O–H groups in total. The van der Waals surface area contributed by atoms with E-state index in [0.29, 0.717) is 7.18 Å². The van der Waals surface area contributed by atoms with Gasteiger partial charge in [-0.25, -0.2) is 0 Å². The molecule has 0 saturated heterocycles. The molecule has 0 bridgehead atoms. The Morgan fingerprint density at radius 2 is 1.30 bits per heavy atom. The van der Waals surface area contributed by atoms with E-state index in [9.17, 15) is 4.39 Å². The Morgan fingerprint density at radius 1 is 0.900 bits per heavy atom. The van der Waals surface area contributed by atoms with Crippen LogP contribution < -0.4 is 0 Å². The summed E-state index contributed by atoms with van der Waals surface area (Å²) in [5, 5.41) is 0. The summed E-state index contributed by atoms with van der Waals surface area (Å²) in [4.78, 5) is 3.78. The molecule has 1 heterocycles. The Kier molecular flexibility index (Phi) is 18.6. The molecule has 0 unspecified atom stereocenters. The second kappa shape index (κ2) is 15.7. The standard InChI is InChI=1S/C5H5N.C2H6.CH3F/c1-2-4-6-5-3-1;2*1-2/h1-5H;1-2H3;1H3. The molecular weight excluding hydrogens is 129 g/mol. The summed E-state index contributed by atoms with van der Waals surface area (Å²) < 4.78 is 9.50. The van der Waals surface area contributed by atoms with E-state index in [0.717, 1.165) is 0 Å². The second-order valence-electron chi connectivity index (χ2n) is 1.02. The lowest BCUT2D eigenvalue weighted by Gasteiger charge is -1.70. The van der Waals surface area contributed by atoms with Crippen LogP contribution in [0, 0.1) is 0 Å². The quantitative estimate of drug-likeness (QED) is 0.544. The molecule has 10 heavy (non-hydrogen) atoms. The van der Waals surface area contributed by atoms with E-state index in [-0.39, 0.29) is 0 Å². The molecule has 1 nitrogen and oxygen atoms in total. The van der Waals surface area contributed by atoms with Crippen molar-refractivity contribution in [3.8, 4) is 0 Å². The summed E-state index contributed by atoms with van der Waals surface area (Å²) in [6.45, 7) is 4.00. The van der Waals surface area contributed by atoms with E-state index < -0.39 is 0 Å². The number of hydrogen-bond donors (Lipinski definition) is 0. The summed E-state index contributed by atoms with van der Waals surface area (Å²) in [5.74, 6) is 0. The maximum atomic E-state index is 9.50. The minimum absolute atomic E-state index is 0.500. The van der Waals surface area contributed by atoms with Crippen LogP contribution in [0.3, 0.4) is 0 Å². The first-order valence-electron chi connectivity index (χ1n) is 3.23. The van der Waals surface area contributed by atoms with Gasteiger partial charge in [0.2, 0.25) is 0 Å². The van der Waals surface area contributed by atoms with Gasteiger partial charge in [-0.3, -0.25) is 9.37 Å². The first kappa shape index (κ1) is 11.8. The Hall–Kier alpha value is -0.920. The van der Waals surface area contributed by atoms with Gasteiger partial charge in [0.15, 0.2) is 0 Å². The van der Waals surface area contributed by atoms with Crippen molar-refractivity contribution < 1.29 is 4.39 Å². The topological polar surface area (TPSA) is 12.9 Å². The largest absolute Gasteiger partial charge is 0.265 e. The van der Waals surface area contributed by atoms with Crippen molar-refractivity contribution in [2.24, 2.45) is 0 Å². The minimum Gasteiger partial charge on any atom is -0.265 e. The Balaban J connectivity index is 0. The molecule has 2 heteroatoms. The van der Waals surface area contributed by atoms with Gasteiger partial charge in [0.25, 0.3) is 0 Å². The predicted molar refractivity (Wildman–Crippen MR) is 42.6 cm³/mol. The van der Waals surface area contributed by atoms with Crippen LogP contribution in [0.4, 0.5) is 4.39 Å². The molecule has 0 aliphatic carbocycles. The van der Waals surface area contributed by atoms with Crippen molar-refractivity contribution in [2.75, 3.05) is 7.18 Å². The summed E-state index contributed by atoms with van der Waals surface area (Å²) in [6, 6.07) is 5.72. The van der Waals surface area contributed by atoms with Gasteiger partial charge in [-0.15, -0.1) is 0 Å². The fraction of sp³-hybridized carbons (Fsp3) is 0.375. The van der Waals surface area contributed by atoms with E-state index in [2.05, 4.69) is 4.98 Å². The third-order valence-electron chi connectivity index (χ3n) is 0.566. The molecule has 0 fully saturated rings. The third kappa shape index (κ3) is 10.1. The monoisotopic (exact) mass is 143 g/mol. The number of pyridine rings is 1. The van der Waals surface area contributed by atoms with Gasteiger partial charge < -0.3 is 0 Å². The molecule has 0 saturated carbocycles. The SMILES string of the molecule is CC.CF.c1ccncc1. The lowest BCUT2D eigenvalue weighted by atomic mass is 10.5. The van der Waals surface area contributed by atoms with Gasteiger partial charge in [-0.05, 0) is 12.1 Å². The van der Waals surface area contributed by atoms with Crippen molar-refractivity contribution >= 4 is 0 Å². The third-order valence-corrected chi connectivity index (χ3v) is 0.566. The van der Waals surface area contributed by atoms with Crippen molar-refractivity contribution in [1.29, 1.82) is 0 Å². The molecule has 0 aliphatic heterocycles. The number of hydrogen-bond acceptors (Lipinski definition) is 1. The Morgan fingerprint density at radius 3 is 1.40 bits per heavy atom. The molecule has 0 aromatic carbocycles. The average molecular weight is 143 g/mol. The van der Waals surface area contributed by atoms with Crippen LogP contribution in [0.1, 0.15) is 13.8 Å². The highest BCUT2D eigenvalue weighted by atomic mass is 19.1. The summed E-state index contributed by atoms with van der Waals surface area (Å²) in [6.07, 6.45) is 3.50. The van der Waals surface area contributed by atoms with Crippen molar-refractivity contribution in [1.82, 2.24) is 4.98 Å². The molecule has 0 spiro atoms. The zero-order chi connectivity index (χ0) is 8.24. The maximum Gasteiger partial charge on any atom is 0.0785 e. The van der Waals surface area contributed by atoms with Crippen LogP contribution in [0.5, 0.6) is 0 Å². The molecule has 1 rings (SSSR count). The molecule has 0 radical (unpaired) electrons. The fourth-order valence-corrected chi connectivity index (χ4v) is 0.313. The van der Waals surface area contributed by atoms with Crippen molar-refractivity contribution in [2.45, 2.75) is 13.8 Å². The number of alkyl halides is 1. The van der Waals surface area contributed by atoms with Crippen molar-refractivity contribution in [3.05, 3.63) is 30.6 Å². The molecule has 0 amide bonds. The molecule has 0 atom stereocenters. The van der Waals surface area contributed by atoms with Crippen LogP contribution in [-0.4, -0.2) is 12.2 Å².